The molecule has 0 aromatic heterocycles. The quantitative estimate of drug-likeness (QED) is 0.863. The van der Waals surface area contributed by atoms with Crippen molar-refractivity contribution in [2.45, 2.75) is 33.3 Å². The molecular formula is C15H22N2O3. The van der Waals surface area contributed by atoms with Gasteiger partial charge >= 0.3 is 0 Å². The average molecular weight is 278 g/mol. The minimum Gasteiger partial charge on any atom is -0.393 e. The Hall–Kier alpha value is -1.88. The van der Waals surface area contributed by atoms with Gasteiger partial charge < -0.3 is 15.3 Å². The number of benzene rings is 1. The van der Waals surface area contributed by atoms with Crippen molar-refractivity contribution in [2.24, 2.45) is 0 Å². The fraction of sp³-hybridized carbons (Fsp3) is 0.467. The molecule has 5 heteroatoms. The largest absolute Gasteiger partial charge is 0.393 e. The van der Waals surface area contributed by atoms with Crippen molar-refractivity contribution in [3.63, 3.8) is 0 Å². The summed E-state index contributed by atoms with van der Waals surface area (Å²) in [5, 5.41) is 12.0. The summed E-state index contributed by atoms with van der Waals surface area (Å²) in [6, 6.07) is 5.22. The molecule has 2 N–H and O–H groups in total. The van der Waals surface area contributed by atoms with Gasteiger partial charge in [-0.1, -0.05) is 6.07 Å². The molecule has 1 aromatic rings. The van der Waals surface area contributed by atoms with Crippen LogP contribution in [0.2, 0.25) is 0 Å². The van der Waals surface area contributed by atoms with Gasteiger partial charge in [0.05, 0.1) is 6.10 Å². The molecule has 1 unspecified atom stereocenters. The molecule has 0 aliphatic heterocycles. The number of carbonyl (C=O) groups is 2. The highest BCUT2D eigenvalue weighted by Gasteiger charge is 2.14. The molecule has 0 heterocycles. The molecule has 110 valence electrons. The molecule has 0 fully saturated rings. The summed E-state index contributed by atoms with van der Waals surface area (Å²) in [5.41, 5.74) is 2.07. The zero-order valence-corrected chi connectivity index (χ0v) is 12.4. The van der Waals surface area contributed by atoms with E-state index in [1.165, 1.54) is 6.92 Å². The number of carbonyl (C=O) groups excluding carboxylic acids is 2. The van der Waals surface area contributed by atoms with E-state index in [9.17, 15) is 14.7 Å². The molecule has 0 bridgehead atoms. The van der Waals surface area contributed by atoms with Crippen LogP contribution >= 0.6 is 0 Å². The third-order valence-corrected chi connectivity index (χ3v) is 3.02. The Morgan fingerprint density at radius 2 is 2.05 bits per heavy atom. The lowest BCUT2D eigenvalue weighted by atomic mass is 10.1. The van der Waals surface area contributed by atoms with Crippen LogP contribution in [0.5, 0.6) is 0 Å². The van der Waals surface area contributed by atoms with E-state index in [1.807, 2.05) is 6.92 Å². The van der Waals surface area contributed by atoms with Gasteiger partial charge in [0.15, 0.2) is 0 Å². The van der Waals surface area contributed by atoms with Gasteiger partial charge in [0, 0.05) is 31.8 Å². The highest BCUT2D eigenvalue weighted by Crippen LogP contribution is 2.18. The zero-order valence-electron chi connectivity index (χ0n) is 12.4. The van der Waals surface area contributed by atoms with E-state index < -0.39 is 6.10 Å². The van der Waals surface area contributed by atoms with Crippen LogP contribution in [0, 0.1) is 6.92 Å². The Labute approximate surface area is 119 Å². The van der Waals surface area contributed by atoms with E-state index in [-0.39, 0.29) is 11.8 Å². The lowest BCUT2D eigenvalue weighted by molar-refractivity contribution is -0.114. The Bertz CT molecular complexity index is 498. The van der Waals surface area contributed by atoms with Crippen molar-refractivity contribution in [3.05, 3.63) is 29.3 Å². The van der Waals surface area contributed by atoms with E-state index in [2.05, 4.69) is 5.32 Å². The van der Waals surface area contributed by atoms with Crippen molar-refractivity contribution in [1.29, 1.82) is 0 Å². The summed E-state index contributed by atoms with van der Waals surface area (Å²) >= 11 is 0. The fourth-order valence-corrected chi connectivity index (χ4v) is 1.78. The molecule has 1 aromatic carbocycles. The van der Waals surface area contributed by atoms with Crippen LogP contribution in [-0.4, -0.2) is 41.5 Å². The van der Waals surface area contributed by atoms with Gasteiger partial charge in [-0.25, -0.2) is 0 Å². The minimum absolute atomic E-state index is 0.128. The molecule has 20 heavy (non-hydrogen) atoms. The first kappa shape index (κ1) is 16.2. The topological polar surface area (TPSA) is 69.6 Å². The lowest BCUT2D eigenvalue weighted by Gasteiger charge is -2.19. The lowest BCUT2D eigenvalue weighted by Crippen LogP contribution is -2.29. The number of amides is 2. The number of nitrogens with one attached hydrogen (secondary N) is 1. The van der Waals surface area contributed by atoms with Crippen LogP contribution in [0.15, 0.2) is 18.2 Å². The zero-order chi connectivity index (χ0) is 15.3. The first-order chi connectivity index (χ1) is 9.31. The Kier molecular flexibility index (Phi) is 5.70. The van der Waals surface area contributed by atoms with Crippen LogP contribution in [0.4, 0.5) is 5.69 Å². The van der Waals surface area contributed by atoms with E-state index >= 15 is 0 Å². The maximum atomic E-state index is 12.2. The van der Waals surface area contributed by atoms with E-state index in [0.29, 0.717) is 24.2 Å². The highest BCUT2D eigenvalue weighted by atomic mass is 16.3. The van der Waals surface area contributed by atoms with Crippen LogP contribution in [0.25, 0.3) is 0 Å². The molecule has 0 aliphatic carbocycles. The molecule has 0 aliphatic rings. The molecule has 0 spiro atoms. The van der Waals surface area contributed by atoms with Crippen molar-refractivity contribution >= 4 is 17.5 Å². The predicted molar refractivity (Wildman–Crippen MR) is 78.7 cm³/mol. The Morgan fingerprint density at radius 3 is 2.60 bits per heavy atom. The van der Waals surface area contributed by atoms with Crippen LogP contribution in [-0.2, 0) is 4.79 Å². The van der Waals surface area contributed by atoms with Crippen molar-refractivity contribution in [1.82, 2.24) is 4.90 Å². The number of anilines is 1. The molecule has 5 nitrogen and oxygen atoms in total. The number of hydrogen-bond donors (Lipinski definition) is 2. The van der Waals surface area contributed by atoms with Crippen molar-refractivity contribution in [2.75, 3.05) is 18.9 Å². The van der Waals surface area contributed by atoms with Gasteiger partial charge in [0.25, 0.3) is 5.91 Å². The smallest absolute Gasteiger partial charge is 0.253 e. The second-order valence-corrected chi connectivity index (χ2v) is 5.08. The minimum atomic E-state index is -0.432. The number of aryl methyl sites for hydroxylation is 1. The van der Waals surface area contributed by atoms with Crippen LogP contribution < -0.4 is 5.32 Å². The highest BCUT2D eigenvalue weighted by molar-refractivity contribution is 5.97. The summed E-state index contributed by atoms with van der Waals surface area (Å²) in [5.74, 6) is -0.294. The maximum absolute atomic E-state index is 12.2. The number of nitrogens with zero attached hydrogens (tertiary/aromatic N) is 1. The van der Waals surface area contributed by atoms with Gasteiger partial charge in [-0.2, -0.15) is 0 Å². The van der Waals surface area contributed by atoms with E-state index in [1.54, 1.807) is 37.1 Å². The Morgan fingerprint density at radius 1 is 1.40 bits per heavy atom. The second kappa shape index (κ2) is 7.05. The van der Waals surface area contributed by atoms with Crippen LogP contribution in [0.3, 0.4) is 0 Å². The number of aliphatic hydroxyl groups is 1. The third-order valence-electron chi connectivity index (χ3n) is 3.02. The summed E-state index contributed by atoms with van der Waals surface area (Å²) in [7, 11) is 1.70. The molecule has 0 radical (unpaired) electrons. The average Bonchev–Trinajstić information content (AvgIpc) is 2.37. The fourth-order valence-electron chi connectivity index (χ4n) is 1.78. The monoisotopic (exact) mass is 278 g/mol. The molecule has 0 saturated carbocycles. The number of hydrogen-bond acceptors (Lipinski definition) is 3. The molecule has 1 rings (SSSR count). The first-order valence-corrected chi connectivity index (χ1v) is 6.63. The molecule has 2 amide bonds. The normalized spacial score (nSPS) is 11.8. The Balaban J connectivity index is 2.85. The molecule has 1 atom stereocenters. The van der Waals surface area contributed by atoms with Gasteiger partial charge in [0.2, 0.25) is 5.91 Å². The molecular weight excluding hydrogens is 256 g/mol. The van der Waals surface area contributed by atoms with Gasteiger partial charge in [-0.3, -0.25) is 9.59 Å². The predicted octanol–water partition coefficient (Wildman–Crippen LogP) is 1.80. The van der Waals surface area contributed by atoms with Crippen molar-refractivity contribution in [3.8, 4) is 0 Å². The summed E-state index contributed by atoms with van der Waals surface area (Å²) in [4.78, 5) is 24.9. The van der Waals surface area contributed by atoms with Gasteiger partial charge in [-0.05, 0) is 38.0 Å². The van der Waals surface area contributed by atoms with Crippen LogP contribution in [0.1, 0.15) is 36.2 Å². The SMILES string of the molecule is CC(=O)Nc1cc(C(=O)N(C)CCC(C)O)ccc1C. The first-order valence-electron chi connectivity index (χ1n) is 6.63. The summed E-state index contributed by atoms with van der Waals surface area (Å²) in [6.45, 7) is 5.48. The standard InChI is InChI=1S/C15H22N2O3/c1-10-5-6-13(9-14(10)16-12(3)19)15(20)17(4)8-7-11(2)18/h5-6,9,11,18H,7-8H2,1-4H3,(H,16,19). The molecule has 0 saturated heterocycles. The van der Waals surface area contributed by atoms with Crippen molar-refractivity contribution < 1.29 is 14.7 Å². The summed E-state index contributed by atoms with van der Waals surface area (Å²) < 4.78 is 0. The van der Waals surface area contributed by atoms with Gasteiger partial charge in [0.1, 0.15) is 0 Å². The maximum Gasteiger partial charge on any atom is 0.253 e. The van der Waals surface area contributed by atoms with E-state index in [0.717, 1.165) is 5.56 Å². The second-order valence-electron chi connectivity index (χ2n) is 5.08. The van der Waals surface area contributed by atoms with Gasteiger partial charge in [-0.15, -0.1) is 0 Å². The summed E-state index contributed by atoms with van der Waals surface area (Å²) in [6.07, 6.45) is 0.102. The third kappa shape index (κ3) is 4.66. The number of aliphatic hydroxyl groups excluding tert-OH is 1. The van der Waals surface area contributed by atoms with E-state index in [4.69, 9.17) is 0 Å². The number of rotatable bonds is 5.